The van der Waals surface area contributed by atoms with E-state index < -0.39 is 0 Å². The van der Waals surface area contributed by atoms with Crippen molar-refractivity contribution in [3.63, 3.8) is 0 Å². The highest BCUT2D eigenvalue weighted by atomic mass is 16.5. The van der Waals surface area contributed by atoms with Gasteiger partial charge in [-0.15, -0.1) is 0 Å². The summed E-state index contributed by atoms with van der Waals surface area (Å²) in [6.07, 6.45) is 0.926. The van der Waals surface area contributed by atoms with Crippen molar-refractivity contribution in [2.45, 2.75) is 33.2 Å². The molecule has 14 heavy (non-hydrogen) atoms. The fraction of sp³-hybridized carbons (Fsp3) is 0.545. The molecule has 3 nitrogen and oxygen atoms in total. The summed E-state index contributed by atoms with van der Waals surface area (Å²) >= 11 is 0. The second-order valence-corrected chi connectivity index (χ2v) is 3.52. The van der Waals surface area contributed by atoms with Gasteiger partial charge >= 0.3 is 5.97 Å². The topological polar surface area (TPSA) is 31.2 Å². The summed E-state index contributed by atoms with van der Waals surface area (Å²) in [6, 6.07) is 4.09. The highest BCUT2D eigenvalue weighted by Gasteiger charge is 2.16. The van der Waals surface area contributed by atoms with Gasteiger partial charge in [0.25, 0.3) is 0 Å². The lowest BCUT2D eigenvalue weighted by atomic mass is 10.3. The van der Waals surface area contributed by atoms with Crippen molar-refractivity contribution in [3.8, 4) is 0 Å². The van der Waals surface area contributed by atoms with Crippen LogP contribution in [0.5, 0.6) is 0 Å². The number of aryl methyl sites for hydroxylation is 1. The van der Waals surface area contributed by atoms with Crippen molar-refractivity contribution < 1.29 is 9.53 Å². The minimum Gasteiger partial charge on any atom is -0.464 e. The molecule has 0 saturated heterocycles. The fourth-order valence-electron chi connectivity index (χ4n) is 1.66. The number of nitrogens with zero attached hydrogens (tertiary/aromatic N) is 1. The van der Waals surface area contributed by atoms with Crippen LogP contribution in [0.25, 0.3) is 0 Å². The van der Waals surface area contributed by atoms with E-state index in [1.54, 1.807) is 0 Å². The predicted octanol–water partition coefficient (Wildman–Crippen LogP) is 2.42. The summed E-state index contributed by atoms with van der Waals surface area (Å²) in [5.74, 6) is -0.265. The van der Waals surface area contributed by atoms with Gasteiger partial charge in [0.05, 0.1) is 7.11 Å². The molecule has 1 aromatic heterocycles. The zero-order valence-electron chi connectivity index (χ0n) is 9.20. The number of esters is 1. The van der Waals surface area contributed by atoms with Gasteiger partial charge in [0.1, 0.15) is 5.69 Å². The molecule has 1 heterocycles. The standard InChI is InChI=1S/C11H17NO2/c1-5-9-6-7-10(11(13)14-4)12(9)8(2)3/h6-8H,5H2,1-4H3. The Morgan fingerprint density at radius 3 is 2.57 bits per heavy atom. The third-order valence-electron chi connectivity index (χ3n) is 2.28. The second-order valence-electron chi connectivity index (χ2n) is 3.52. The first-order valence-electron chi connectivity index (χ1n) is 4.90. The van der Waals surface area contributed by atoms with E-state index in [1.807, 2.05) is 16.7 Å². The molecular weight excluding hydrogens is 178 g/mol. The third-order valence-corrected chi connectivity index (χ3v) is 2.28. The van der Waals surface area contributed by atoms with E-state index in [-0.39, 0.29) is 12.0 Å². The quantitative estimate of drug-likeness (QED) is 0.693. The summed E-state index contributed by atoms with van der Waals surface area (Å²) in [5.41, 5.74) is 1.81. The van der Waals surface area contributed by atoms with Crippen LogP contribution < -0.4 is 0 Å². The van der Waals surface area contributed by atoms with E-state index in [0.717, 1.165) is 6.42 Å². The number of hydrogen-bond acceptors (Lipinski definition) is 2. The molecule has 1 rings (SSSR count). The smallest absolute Gasteiger partial charge is 0.354 e. The van der Waals surface area contributed by atoms with E-state index >= 15 is 0 Å². The Labute approximate surface area is 84.7 Å². The van der Waals surface area contributed by atoms with E-state index in [9.17, 15) is 4.79 Å². The van der Waals surface area contributed by atoms with Gasteiger partial charge in [-0.1, -0.05) is 6.92 Å². The van der Waals surface area contributed by atoms with Gasteiger partial charge in [0, 0.05) is 11.7 Å². The van der Waals surface area contributed by atoms with Crippen molar-refractivity contribution in [2.75, 3.05) is 7.11 Å². The highest BCUT2D eigenvalue weighted by molar-refractivity contribution is 5.87. The van der Waals surface area contributed by atoms with E-state index in [0.29, 0.717) is 5.69 Å². The van der Waals surface area contributed by atoms with Gasteiger partial charge in [0.15, 0.2) is 0 Å². The Morgan fingerprint density at radius 2 is 2.14 bits per heavy atom. The Kier molecular flexibility index (Phi) is 3.33. The summed E-state index contributed by atoms with van der Waals surface area (Å²) in [4.78, 5) is 11.4. The summed E-state index contributed by atoms with van der Waals surface area (Å²) in [5, 5.41) is 0. The molecule has 3 heteroatoms. The maximum absolute atomic E-state index is 11.4. The average Bonchev–Trinajstić information content (AvgIpc) is 2.59. The maximum atomic E-state index is 11.4. The molecule has 0 spiro atoms. The molecule has 0 fully saturated rings. The molecular formula is C11H17NO2. The molecule has 0 radical (unpaired) electrons. The second kappa shape index (κ2) is 4.31. The normalized spacial score (nSPS) is 10.6. The zero-order chi connectivity index (χ0) is 10.7. The zero-order valence-corrected chi connectivity index (χ0v) is 9.20. The molecule has 0 saturated carbocycles. The van der Waals surface area contributed by atoms with Gasteiger partial charge in [-0.25, -0.2) is 4.79 Å². The van der Waals surface area contributed by atoms with Gasteiger partial charge in [-0.2, -0.15) is 0 Å². The molecule has 0 amide bonds. The minimum atomic E-state index is -0.265. The molecule has 78 valence electrons. The largest absolute Gasteiger partial charge is 0.464 e. The van der Waals surface area contributed by atoms with Crippen molar-refractivity contribution in [2.24, 2.45) is 0 Å². The minimum absolute atomic E-state index is 0.265. The number of carbonyl (C=O) groups is 1. The lowest BCUT2D eigenvalue weighted by molar-refractivity contribution is 0.0586. The first-order chi connectivity index (χ1) is 6.61. The highest BCUT2D eigenvalue weighted by Crippen LogP contribution is 2.17. The van der Waals surface area contributed by atoms with Crippen LogP contribution in [0.15, 0.2) is 12.1 Å². The molecule has 0 aliphatic rings. The van der Waals surface area contributed by atoms with Crippen LogP contribution in [0.2, 0.25) is 0 Å². The molecule has 0 unspecified atom stereocenters. The number of rotatable bonds is 3. The van der Waals surface area contributed by atoms with Crippen molar-refractivity contribution in [1.82, 2.24) is 4.57 Å². The molecule has 0 aromatic carbocycles. The summed E-state index contributed by atoms with van der Waals surface area (Å²) < 4.78 is 6.74. The SMILES string of the molecule is CCc1ccc(C(=O)OC)n1C(C)C. The van der Waals surface area contributed by atoms with Crippen LogP contribution in [0.3, 0.4) is 0 Å². The van der Waals surface area contributed by atoms with Crippen LogP contribution in [0.1, 0.15) is 43.0 Å². The maximum Gasteiger partial charge on any atom is 0.354 e. The summed E-state index contributed by atoms with van der Waals surface area (Å²) in [6.45, 7) is 6.20. The number of methoxy groups -OCH3 is 1. The number of aromatic nitrogens is 1. The number of ether oxygens (including phenoxy) is 1. The molecule has 0 N–H and O–H groups in total. The lowest BCUT2D eigenvalue weighted by Gasteiger charge is -2.15. The van der Waals surface area contributed by atoms with E-state index in [2.05, 4.69) is 20.8 Å². The van der Waals surface area contributed by atoms with Gasteiger partial charge in [-0.3, -0.25) is 0 Å². The number of carbonyl (C=O) groups excluding carboxylic acids is 1. The first kappa shape index (κ1) is 10.8. The van der Waals surface area contributed by atoms with Crippen LogP contribution in [0, 0.1) is 0 Å². The Balaban J connectivity index is 3.17. The van der Waals surface area contributed by atoms with Crippen molar-refractivity contribution in [1.29, 1.82) is 0 Å². The molecule has 0 atom stereocenters. The van der Waals surface area contributed by atoms with Crippen molar-refractivity contribution >= 4 is 5.97 Å². The van der Waals surface area contributed by atoms with Gasteiger partial charge < -0.3 is 9.30 Å². The Morgan fingerprint density at radius 1 is 1.50 bits per heavy atom. The molecule has 0 aliphatic heterocycles. The molecule has 0 bridgehead atoms. The van der Waals surface area contributed by atoms with Crippen molar-refractivity contribution in [3.05, 3.63) is 23.5 Å². The van der Waals surface area contributed by atoms with Gasteiger partial charge in [0.2, 0.25) is 0 Å². The number of hydrogen-bond donors (Lipinski definition) is 0. The molecule has 0 aliphatic carbocycles. The summed E-state index contributed by atoms with van der Waals surface area (Å²) in [7, 11) is 1.41. The first-order valence-corrected chi connectivity index (χ1v) is 4.90. The fourth-order valence-corrected chi connectivity index (χ4v) is 1.66. The van der Waals surface area contributed by atoms with Crippen LogP contribution in [-0.4, -0.2) is 17.6 Å². The monoisotopic (exact) mass is 195 g/mol. The lowest BCUT2D eigenvalue weighted by Crippen LogP contribution is -2.14. The Hall–Kier alpha value is -1.25. The third kappa shape index (κ3) is 1.81. The Bertz CT molecular complexity index is 326. The molecule has 1 aromatic rings. The average molecular weight is 195 g/mol. The van der Waals surface area contributed by atoms with Crippen LogP contribution >= 0.6 is 0 Å². The van der Waals surface area contributed by atoms with Crippen LogP contribution in [-0.2, 0) is 11.2 Å². The van der Waals surface area contributed by atoms with E-state index in [4.69, 9.17) is 4.74 Å². The van der Waals surface area contributed by atoms with E-state index in [1.165, 1.54) is 12.8 Å². The predicted molar refractivity (Wildman–Crippen MR) is 55.5 cm³/mol. The van der Waals surface area contributed by atoms with Gasteiger partial charge in [-0.05, 0) is 32.4 Å². The van der Waals surface area contributed by atoms with Crippen LogP contribution in [0.4, 0.5) is 0 Å².